The second-order valence-corrected chi connectivity index (χ2v) is 21.1. The van der Waals surface area contributed by atoms with Gasteiger partial charge in [-0.25, -0.2) is 0 Å². The average Bonchev–Trinajstić information content (AvgIpc) is 3.80. The van der Waals surface area contributed by atoms with E-state index in [1.807, 2.05) is 0 Å². The summed E-state index contributed by atoms with van der Waals surface area (Å²) < 4.78 is 0. The third kappa shape index (κ3) is 6.84. The van der Waals surface area contributed by atoms with Crippen LogP contribution >= 0.6 is 0 Å². The van der Waals surface area contributed by atoms with Crippen LogP contribution in [0.25, 0.3) is 33.0 Å². The zero-order chi connectivity index (χ0) is 49.1. The molecule has 0 saturated carbocycles. The van der Waals surface area contributed by atoms with Crippen molar-refractivity contribution >= 4 is 27.8 Å². The lowest BCUT2D eigenvalue weighted by Gasteiger charge is -2.49. The third-order valence-electron chi connectivity index (χ3n) is 17.3. The van der Waals surface area contributed by atoms with Crippen LogP contribution in [-0.4, -0.2) is 12.1 Å². The summed E-state index contributed by atoms with van der Waals surface area (Å²) in [6.07, 6.45) is 49.2. The van der Waals surface area contributed by atoms with Crippen LogP contribution in [0.3, 0.4) is 0 Å². The third-order valence-corrected chi connectivity index (χ3v) is 17.3. The van der Waals surface area contributed by atoms with Gasteiger partial charge in [0.25, 0.3) is 0 Å². The molecule has 74 heavy (non-hydrogen) atoms. The first kappa shape index (κ1) is 44.5. The fourth-order valence-electron chi connectivity index (χ4n) is 14.3. The van der Waals surface area contributed by atoms with E-state index in [9.17, 15) is 0 Å². The van der Waals surface area contributed by atoms with Gasteiger partial charge < -0.3 is 9.80 Å². The van der Waals surface area contributed by atoms with Crippen molar-refractivity contribution in [3.05, 3.63) is 306 Å². The second-order valence-electron chi connectivity index (χ2n) is 21.1. The molecule has 0 heterocycles. The highest BCUT2D eigenvalue weighted by molar-refractivity contribution is 6.14. The van der Waals surface area contributed by atoms with E-state index in [0.717, 1.165) is 44.9 Å². The van der Waals surface area contributed by atoms with Gasteiger partial charge in [0.05, 0.1) is 17.5 Å². The molecule has 0 saturated heterocycles. The average molecular weight is 953 g/mol. The van der Waals surface area contributed by atoms with Gasteiger partial charge in [0.2, 0.25) is 0 Å². The van der Waals surface area contributed by atoms with Crippen LogP contribution in [-0.2, 0) is 10.8 Å². The Labute approximate surface area is 437 Å². The number of hydrogen-bond donors (Lipinski definition) is 0. The molecule has 2 nitrogen and oxygen atoms in total. The molecule has 0 bridgehead atoms. The smallest absolute Gasteiger partial charge is 0.0714 e. The molecule has 0 aliphatic heterocycles. The van der Waals surface area contributed by atoms with Gasteiger partial charge in [-0.1, -0.05) is 218 Å². The van der Waals surface area contributed by atoms with E-state index in [0.29, 0.717) is 0 Å². The molecule has 7 aliphatic rings. The van der Waals surface area contributed by atoms with E-state index < -0.39 is 10.8 Å². The zero-order valence-corrected chi connectivity index (χ0v) is 41.9. The van der Waals surface area contributed by atoms with Crippen molar-refractivity contribution in [3.63, 3.8) is 0 Å². The monoisotopic (exact) mass is 952 g/mol. The first-order valence-corrected chi connectivity index (χ1v) is 27.1. The van der Waals surface area contributed by atoms with Crippen LogP contribution in [0, 0.1) is 5.92 Å². The molecule has 0 aromatic heterocycles. The fourth-order valence-corrected chi connectivity index (χ4v) is 14.3. The van der Waals surface area contributed by atoms with Gasteiger partial charge >= 0.3 is 0 Å². The predicted molar refractivity (Wildman–Crippen MR) is 311 cm³/mol. The molecule has 14 rings (SSSR count). The lowest BCUT2D eigenvalue weighted by atomic mass is 9.54. The Morgan fingerprint density at radius 2 is 1.09 bits per heavy atom. The topological polar surface area (TPSA) is 6.48 Å². The van der Waals surface area contributed by atoms with Crippen molar-refractivity contribution in [2.24, 2.45) is 5.92 Å². The van der Waals surface area contributed by atoms with Gasteiger partial charge in [0.1, 0.15) is 0 Å². The maximum absolute atomic E-state index is 2.66. The molecule has 0 N–H and O–H groups in total. The summed E-state index contributed by atoms with van der Waals surface area (Å²) in [5, 5.41) is 2.72. The summed E-state index contributed by atoms with van der Waals surface area (Å²) in [6.45, 7) is 0. The second kappa shape index (κ2) is 18.4. The SMILES string of the molecule is C1=CCCC(C2(C3C=CC=CC3)c3cc(N(C4=CCCC=C4)C4C=CC=CC4)ccc3-c3cc4c(c5cccc2c35)-c2ccc(N(c3ccccc3)C3C=CC=CC3)cc2C4(c2ccccc2)c2ccccc2)=C1. The fraction of sp³-hybridized carbons (Fsp3) is 0.167. The van der Waals surface area contributed by atoms with E-state index >= 15 is 0 Å². The molecule has 0 radical (unpaired) electrons. The minimum Gasteiger partial charge on any atom is -0.335 e. The number of fused-ring (bicyclic) bond motifs is 6. The first-order chi connectivity index (χ1) is 36.7. The molecular weight excluding hydrogens is 893 g/mol. The minimum atomic E-state index is -0.631. The van der Waals surface area contributed by atoms with Gasteiger partial charge in [0, 0.05) is 28.2 Å². The van der Waals surface area contributed by atoms with Gasteiger partial charge in [-0.3, -0.25) is 0 Å². The standard InChI is InChI=1S/C72H60N2/c1-9-26-51(27-10-1)71(52-28-11-2-12-29-52)65-43-25-42-63-69-62-47-45-60(74(57-38-21-7-22-39-57)58-40-23-8-24-41-58)49-67(62)72(53-30-13-3-14-31-53,54-32-15-4-16-33-54)68(69)50-64(70(63)65)61-46-44-59(48-66(61)71)73(55-34-17-5-18-35-55)56-36-19-6-20-37-56/h1-5,7-11,13-19,21-26,28,30-34,36-40,42-51,55,58H,6,12,20,27,29,35,41H2. The van der Waals surface area contributed by atoms with E-state index in [2.05, 4.69) is 271 Å². The highest BCUT2D eigenvalue weighted by atomic mass is 15.2. The molecule has 0 fully saturated rings. The lowest BCUT2D eigenvalue weighted by molar-refractivity contribution is 0.429. The number of nitrogens with zero attached hydrogens (tertiary/aromatic N) is 2. The molecule has 4 unspecified atom stereocenters. The minimum absolute atomic E-state index is 0.172. The number of rotatable bonds is 10. The Balaban J connectivity index is 1.10. The molecule has 4 atom stereocenters. The largest absolute Gasteiger partial charge is 0.335 e. The Morgan fingerprint density at radius 3 is 1.74 bits per heavy atom. The van der Waals surface area contributed by atoms with Gasteiger partial charge in [0.15, 0.2) is 0 Å². The van der Waals surface area contributed by atoms with E-state index in [-0.39, 0.29) is 18.0 Å². The van der Waals surface area contributed by atoms with Crippen LogP contribution in [0.5, 0.6) is 0 Å². The van der Waals surface area contributed by atoms with Crippen molar-refractivity contribution in [1.82, 2.24) is 0 Å². The van der Waals surface area contributed by atoms with Crippen LogP contribution in [0.2, 0.25) is 0 Å². The quantitative estimate of drug-likeness (QED) is 0.135. The molecule has 0 spiro atoms. The van der Waals surface area contributed by atoms with Crippen LogP contribution in [0.4, 0.5) is 17.1 Å². The summed E-state index contributed by atoms with van der Waals surface area (Å²) in [5.74, 6) is 0.209. The number of hydrogen-bond acceptors (Lipinski definition) is 2. The molecule has 0 amide bonds. The predicted octanol–water partition coefficient (Wildman–Crippen LogP) is 17.8. The Kier molecular flexibility index (Phi) is 11.1. The van der Waals surface area contributed by atoms with Gasteiger partial charge in [-0.15, -0.1) is 0 Å². The van der Waals surface area contributed by atoms with Crippen molar-refractivity contribution in [3.8, 4) is 22.3 Å². The van der Waals surface area contributed by atoms with E-state index in [4.69, 9.17) is 0 Å². The summed E-state index contributed by atoms with van der Waals surface area (Å²) in [4.78, 5) is 5.19. The van der Waals surface area contributed by atoms with Crippen LogP contribution < -0.4 is 9.80 Å². The number of allylic oxidation sites excluding steroid dienone is 15. The number of anilines is 3. The highest BCUT2D eigenvalue weighted by Crippen LogP contribution is 2.64. The van der Waals surface area contributed by atoms with E-state index in [1.54, 1.807) is 0 Å². The van der Waals surface area contributed by atoms with Crippen molar-refractivity contribution in [2.75, 3.05) is 9.80 Å². The van der Waals surface area contributed by atoms with Crippen LogP contribution in [0.1, 0.15) is 78.3 Å². The Morgan fingerprint density at radius 1 is 0.432 bits per heavy atom. The zero-order valence-electron chi connectivity index (χ0n) is 41.9. The van der Waals surface area contributed by atoms with Gasteiger partial charge in [-0.2, -0.15) is 0 Å². The normalized spacial score (nSPS) is 22.2. The summed E-state index contributed by atoms with van der Waals surface area (Å²) in [7, 11) is 0. The molecule has 2 heteroatoms. The number of para-hydroxylation sites is 1. The van der Waals surface area contributed by atoms with Gasteiger partial charge in [-0.05, 0) is 166 Å². The molecule has 7 aromatic carbocycles. The Bertz CT molecular complexity index is 3630. The highest BCUT2D eigenvalue weighted by Gasteiger charge is 2.52. The summed E-state index contributed by atoms with van der Waals surface area (Å²) in [6, 6.07) is 59.3. The van der Waals surface area contributed by atoms with Crippen molar-refractivity contribution in [1.29, 1.82) is 0 Å². The van der Waals surface area contributed by atoms with Crippen LogP contribution in [0.15, 0.2) is 272 Å². The maximum atomic E-state index is 2.66. The molecule has 358 valence electrons. The molecular formula is C72H60N2. The maximum Gasteiger partial charge on any atom is 0.0714 e. The number of benzene rings is 7. The van der Waals surface area contributed by atoms with Crippen molar-refractivity contribution in [2.45, 2.75) is 67.9 Å². The molecule has 7 aliphatic carbocycles. The Hall–Kier alpha value is -8.20. The summed E-state index contributed by atoms with van der Waals surface area (Å²) in [5.41, 5.74) is 18.7. The summed E-state index contributed by atoms with van der Waals surface area (Å²) >= 11 is 0. The van der Waals surface area contributed by atoms with E-state index in [1.165, 1.54) is 94.7 Å². The lowest BCUT2D eigenvalue weighted by Crippen LogP contribution is -2.41. The van der Waals surface area contributed by atoms with Crippen molar-refractivity contribution < 1.29 is 0 Å². The molecule has 7 aromatic rings. The first-order valence-electron chi connectivity index (χ1n) is 27.1.